The van der Waals surface area contributed by atoms with Gasteiger partial charge in [0.25, 0.3) is 5.91 Å². The zero-order valence-electron chi connectivity index (χ0n) is 13.9. The van der Waals surface area contributed by atoms with Crippen molar-refractivity contribution in [2.45, 2.75) is 32.4 Å². The number of amides is 2. The maximum Gasteiger partial charge on any atom is 0.255 e. The number of carbonyl (C=O) groups is 2. The molecule has 0 spiro atoms. The maximum atomic E-state index is 12.4. The molecule has 0 saturated heterocycles. The minimum Gasteiger partial charge on any atom is -0.354 e. The van der Waals surface area contributed by atoms with Gasteiger partial charge in [-0.15, -0.1) is 0 Å². The zero-order valence-corrected chi connectivity index (χ0v) is 13.9. The molecule has 0 aromatic heterocycles. The van der Waals surface area contributed by atoms with Gasteiger partial charge in [0, 0.05) is 18.7 Å². The van der Waals surface area contributed by atoms with Gasteiger partial charge in [0.15, 0.2) is 0 Å². The molecule has 4 heteroatoms. The Labute approximate surface area is 142 Å². The van der Waals surface area contributed by atoms with E-state index in [1.54, 1.807) is 11.8 Å². The Kier molecular flexibility index (Phi) is 4.94. The number of aryl methyl sites for hydroxylation is 1. The average molecular weight is 322 g/mol. The van der Waals surface area contributed by atoms with Crippen molar-refractivity contribution in [1.82, 2.24) is 10.2 Å². The zero-order chi connectivity index (χ0) is 16.9. The van der Waals surface area contributed by atoms with Crippen LogP contribution in [0.1, 0.15) is 34.8 Å². The first kappa shape index (κ1) is 16.2. The highest BCUT2D eigenvalue weighted by Gasteiger charge is 2.33. The Morgan fingerprint density at radius 3 is 2.58 bits per heavy atom. The smallest absolute Gasteiger partial charge is 0.255 e. The molecular formula is C20H22N2O2. The van der Waals surface area contributed by atoms with Crippen LogP contribution in [0.4, 0.5) is 0 Å². The molecule has 1 aliphatic rings. The Balaban J connectivity index is 1.48. The molecule has 2 aromatic carbocycles. The lowest BCUT2D eigenvalue weighted by Gasteiger charge is -2.23. The Morgan fingerprint density at radius 2 is 1.83 bits per heavy atom. The van der Waals surface area contributed by atoms with E-state index in [1.807, 2.05) is 42.5 Å². The van der Waals surface area contributed by atoms with Crippen molar-refractivity contribution in [3.05, 3.63) is 71.3 Å². The van der Waals surface area contributed by atoms with Crippen molar-refractivity contribution in [2.24, 2.45) is 0 Å². The highest BCUT2D eigenvalue weighted by Crippen LogP contribution is 2.24. The summed E-state index contributed by atoms with van der Waals surface area (Å²) >= 11 is 0. The molecule has 2 aromatic rings. The molecule has 0 bridgehead atoms. The monoisotopic (exact) mass is 322 g/mol. The minimum absolute atomic E-state index is 0.0578. The van der Waals surface area contributed by atoms with Gasteiger partial charge in [-0.1, -0.05) is 48.5 Å². The fourth-order valence-electron chi connectivity index (χ4n) is 3.03. The number of fused-ring (bicyclic) bond motifs is 1. The standard InChI is InChI=1S/C20H22N2O2/c1-15(22-14-17-11-5-6-12-18(17)20(22)24)19(23)21-13-7-10-16-8-3-2-4-9-16/h2-6,8-9,11-12,15H,7,10,13-14H2,1H3,(H,21,23). The van der Waals surface area contributed by atoms with Gasteiger partial charge < -0.3 is 10.2 Å². The molecule has 24 heavy (non-hydrogen) atoms. The molecule has 0 aliphatic carbocycles. The number of nitrogens with zero attached hydrogens (tertiary/aromatic N) is 1. The van der Waals surface area contributed by atoms with Crippen molar-refractivity contribution in [3.63, 3.8) is 0 Å². The Bertz CT molecular complexity index is 727. The van der Waals surface area contributed by atoms with Gasteiger partial charge in [0.1, 0.15) is 6.04 Å². The summed E-state index contributed by atoms with van der Waals surface area (Å²) < 4.78 is 0. The number of rotatable bonds is 6. The van der Waals surface area contributed by atoms with E-state index in [4.69, 9.17) is 0 Å². The second-order valence-corrected chi connectivity index (χ2v) is 6.15. The van der Waals surface area contributed by atoms with Crippen LogP contribution in [-0.4, -0.2) is 29.3 Å². The normalized spacial score (nSPS) is 14.4. The van der Waals surface area contributed by atoms with Gasteiger partial charge >= 0.3 is 0 Å². The van der Waals surface area contributed by atoms with Gasteiger partial charge in [0.05, 0.1) is 0 Å². The third-order valence-corrected chi connectivity index (χ3v) is 4.48. The van der Waals surface area contributed by atoms with Crippen LogP contribution in [0.2, 0.25) is 0 Å². The number of benzene rings is 2. The van der Waals surface area contributed by atoms with E-state index < -0.39 is 6.04 Å². The molecule has 0 fully saturated rings. The Hall–Kier alpha value is -2.62. The topological polar surface area (TPSA) is 49.4 Å². The number of hydrogen-bond donors (Lipinski definition) is 1. The minimum atomic E-state index is -0.457. The highest BCUT2D eigenvalue weighted by atomic mass is 16.2. The van der Waals surface area contributed by atoms with Crippen LogP contribution in [0, 0.1) is 0 Å². The summed E-state index contributed by atoms with van der Waals surface area (Å²) in [4.78, 5) is 26.4. The third-order valence-electron chi connectivity index (χ3n) is 4.48. The number of nitrogens with one attached hydrogen (secondary N) is 1. The molecule has 4 nitrogen and oxygen atoms in total. The highest BCUT2D eigenvalue weighted by molar-refractivity contribution is 6.00. The predicted octanol–water partition coefficient (Wildman–Crippen LogP) is 2.78. The number of carbonyl (C=O) groups excluding carboxylic acids is 2. The van der Waals surface area contributed by atoms with Crippen molar-refractivity contribution in [2.75, 3.05) is 6.54 Å². The first-order valence-electron chi connectivity index (χ1n) is 8.37. The van der Waals surface area contributed by atoms with E-state index in [0.717, 1.165) is 18.4 Å². The second kappa shape index (κ2) is 7.30. The van der Waals surface area contributed by atoms with Crippen LogP contribution < -0.4 is 5.32 Å². The summed E-state index contributed by atoms with van der Waals surface area (Å²) in [5.41, 5.74) is 2.97. The van der Waals surface area contributed by atoms with E-state index >= 15 is 0 Å². The summed E-state index contributed by atoms with van der Waals surface area (Å²) in [5.74, 6) is -0.151. The maximum absolute atomic E-state index is 12.4. The van der Waals surface area contributed by atoms with Gasteiger partial charge in [-0.25, -0.2) is 0 Å². The third kappa shape index (κ3) is 3.48. The van der Waals surface area contributed by atoms with Gasteiger partial charge in [-0.2, -0.15) is 0 Å². The predicted molar refractivity (Wildman–Crippen MR) is 93.6 cm³/mol. The van der Waals surface area contributed by atoms with E-state index in [-0.39, 0.29) is 11.8 Å². The first-order valence-corrected chi connectivity index (χ1v) is 8.37. The van der Waals surface area contributed by atoms with Crippen molar-refractivity contribution >= 4 is 11.8 Å². The molecule has 1 aliphatic heterocycles. The average Bonchev–Trinajstić information content (AvgIpc) is 2.96. The summed E-state index contributed by atoms with van der Waals surface area (Å²) in [5, 5.41) is 2.94. The molecule has 1 heterocycles. The van der Waals surface area contributed by atoms with Crippen LogP contribution in [0.25, 0.3) is 0 Å². The second-order valence-electron chi connectivity index (χ2n) is 6.15. The van der Waals surface area contributed by atoms with Crippen LogP contribution in [0.15, 0.2) is 54.6 Å². The lowest BCUT2D eigenvalue weighted by atomic mass is 10.1. The van der Waals surface area contributed by atoms with Gasteiger partial charge in [-0.05, 0) is 37.0 Å². The van der Waals surface area contributed by atoms with Crippen LogP contribution >= 0.6 is 0 Å². The van der Waals surface area contributed by atoms with E-state index in [2.05, 4.69) is 17.4 Å². The van der Waals surface area contributed by atoms with Gasteiger partial charge in [-0.3, -0.25) is 9.59 Å². The summed E-state index contributed by atoms with van der Waals surface area (Å²) in [6.07, 6.45) is 1.82. The van der Waals surface area contributed by atoms with Crippen molar-refractivity contribution < 1.29 is 9.59 Å². The first-order chi connectivity index (χ1) is 11.7. The number of hydrogen-bond acceptors (Lipinski definition) is 2. The van der Waals surface area contributed by atoms with E-state index in [1.165, 1.54) is 5.56 Å². The molecule has 1 unspecified atom stereocenters. The lowest BCUT2D eigenvalue weighted by Crippen LogP contribution is -2.45. The summed E-state index contributed by atoms with van der Waals surface area (Å²) in [6, 6.07) is 17.3. The van der Waals surface area contributed by atoms with E-state index in [0.29, 0.717) is 18.7 Å². The summed E-state index contributed by atoms with van der Waals surface area (Å²) in [6.45, 7) is 2.91. The molecule has 1 atom stereocenters. The fourth-order valence-corrected chi connectivity index (χ4v) is 3.03. The van der Waals surface area contributed by atoms with Crippen molar-refractivity contribution in [1.29, 1.82) is 0 Å². The summed E-state index contributed by atoms with van der Waals surface area (Å²) in [7, 11) is 0. The lowest BCUT2D eigenvalue weighted by molar-refractivity contribution is -0.125. The largest absolute Gasteiger partial charge is 0.354 e. The van der Waals surface area contributed by atoms with E-state index in [9.17, 15) is 9.59 Å². The fraction of sp³-hybridized carbons (Fsp3) is 0.300. The van der Waals surface area contributed by atoms with Crippen LogP contribution in [0.3, 0.4) is 0 Å². The van der Waals surface area contributed by atoms with Gasteiger partial charge in [0.2, 0.25) is 5.91 Å². The quantitative estimate of drug-likeness (QED) is 0.832. The molecule has 1 N–H and O–H groups in total. The molecular weight excluding hydrogens is 300 g/mol. The Morgan fingerprint density at radius 1 is 1.12 bits per heavy atom. The molecule has 3 rings (SSSR count). The van der Waals surface area contributed by atoms with Crippen LogP contribution in [-0.2, 0) is 17.8 Å². The molecule has 0 radical (unpaired) electrons. The van der Waals surface area contributed by atoms with Crippen LogP contribution in [0.5, 0.6) is 0 Å². The molecule has 0 saturated carbocycles. The molecule has 124 valence electrons. The molecule has 2 amide bonds. The SMILES string of the molecule is CC(C(=O)NCCCc1ccccc1)N1Cc2ccccc2C1=O. The van der Waals surface area contributed by atoms with Crippen molar-refractivity contribution in [3.8, 4) is 0 Å².